The largest absolute Gasteiger partial charge is 0.467 e. The van der Waals surface area contributed by atoms with E-state index in [2.05, 4.69) is 79.1 Å². The normalized spacial score (nSPS) is 25.3. The van der Waals surface area contributed by atoms with E-state index in [1.165, 1.54) is 16.7 Å². The quantitative estimate of drug-likeness (QED) is 0.489. The van der Waals surface area contributed by atoms with E-state index in [1.54, 1.807) is 0 Å². The first-order chi connectivity index (χ1) is 14.6. The maximum Gasteiger partial charge on any atom is 0.192 e. The molecule has 2 aliphatic carbocycles. The van der Waals surface area contributed by atoms with Gasteiger partial charge in [0.15, 0.2) is 13.9 Å². The van der Waals surface area contributed by atoms with Crippen LogP contribution in [0.4, 0.5) is 0 Å². The standard InChI is InChI=1S/C27H40O3Si2/c1-11-18-16-23(29-25(18)31(6,7)8)27(28)17(2)19-12-13-20-21(24(19)27)14-15-22(20)30-32(9,10)26(3,4)5/h11-13,16-17,22,28H,1,14-15H2,2-10H3/t17-,22?,27+/m1/s1. The molecular formula is C27H40O3Si2. The predicted octanol–water partition coefficient (Wildman–Crippen LogP) is 6.83. The SMILES string of the molecule is C=Cc1cc([C@]2(O)c3c(ccc4c3CCC4O[Si](C)(C)C(C)(C)C)[C@H]2C)oc1[Si](C)(C)C. The highest BCUT2D eigenvalue weighted by molar-refractivity contribution is 6.88. The second-order valence-electron chi connectivity index (χ2n) is 12.3. The Morgan fingerprint density at radius 2 is 1.78 bits per heavy atom. The van der Waals surface area contributed by atoms with E-state index < -0.39 is 22.0 Å². The van der Waals surface area contributed by atoms with Crippen LogP contribution in [0, 0.1) is 0 Å². The van der Waals surface area contributed by atoms with Gasteiger partial charge in [-0.15, -0.1) is 0 Å². The van der Waals surface area contributed by atoms with Crippen molar-refractivity contribution >= 4 is 27.9 Å². The molecule has 0 saturated heterocycles. The van der Waals surface area contributed by atoms with Crippen molar-refractivity contribution in [1.82, 2.24) is 0 Å². The van der Waals surface area contributed by atoms with Gasteiger partial charge in [0, 0.05) is 11.5 Å². The van der Waals surface area contributed by atoms with Crippen molar-refractivity contribution in [2.45, 2.75) is 95.9 Å². The lowest BCUT2D eigenvalue weighted by atomic mass is 9.61. The van der Waals surface area contributed by atoms with Crippen LogP contribution in [0.1, 0.15) is 79.7 Å². The molecule has 0 radical (unpaired) electrons. The van der Waals surface area contributed by atoms with Crippen molar-refractivity contribution in [2.24, 2.45) is 0 Å². The van der Waals surface area contributed by atoms with Crippen LogP contribution in [0.15, 0.2) is 29.2 Å². The average Bonchev–Trinajstić information content (AvgIpc) is 3.29. The summed E-state index contributed by atoms with van der Waals surface area (Å²) in [5.41, 5.74) is 4.79. The fourth-order valence-electron chi connectivity index (χ4n) is 5.18. The summed E-state index contributed by atoms with van der Waals surface area (Å²) in [5, 5.41) is 13.3. The van der Waals surface area contributed by atoms with Crippen molar-refractivity contribution < 1.29 is 13.9 Å². The molecule has 0 saturated carbocycles. The number of furan rings is 1. The van der Waals surface area contributed by atoms with Gasteiger partial charge in [-0.05, 0) is 59.3 Å². The predicted molar refractivity (Wildman–Crippen MR) is 139 cm³/mol. The lowest BCUT2D eigenvalue weighted by Crippen LogP contribution is -2.45. The van der Waals surface area contributed by atoms with Crippen LogP contribution in [-0.2, 0) is 16.4 Å². The molecule has 1 unspecified atom stereocenters. The van der Waals surface area contributed by atoms with Gasteiger partial charge in [-0.25, -0.2) is 0 Å². The summed E-state index contributed by atoms with van der Waals surface area (Å²) in [6, 6.07) is 6.48. The molecule has 3 nitrogen and oxygen atoms in total. The number of benzene rings is 1. The summed E-state index contributed by atoms with van der Waals surface area (Å²) in [7, 11) is -3.58. The third-order valence-electron chi connectivity index (χ3n) is 8.14. The minimum Gasteiger partial charge on any atom is -0.467 e. The van der Waals surface area contributed by atoms with E-state index in [0.717, 1.165) is 29.4 Å². The van der Waals surface area contributed by atoms with Crippen molar-refractivity contribution in [2.75, 3.05) is 0 Å². The van der Waals surface area contributed by atoms with Gasteiger partial charge >= 0.3 is 0 Å². The monoisotopic (exact) mass is 468 g/mol. The number of rotatable bonds is 5. The fraction of sp³-hybridized carbons (Fsp3) is 0.556. The molecule has 32 heavy (non-hydrogen) atoms. The van der Waals surface area contributed by atoms with E-state index >= 15 is 0 Å². The summed E-state index contributed by atoms with van der Waals surface area (Å²) in [6.07, 6.45) is 3.92. The molecule has 174 valence electrons. The highest BCUT2D eigenvalue weighted by atomic mass is 28.4. The van der Waals surface area contributed by atoms with Crippen molar-refractivity contribution in [3.63, 3.8) is 0 Å². The van der Waals surface area contributed by atoms with Gasteiger partial charge in [0.25, 0.3) is 0 Å². The van der Waals surface area contributed by atoms with Crippen LogP contribution in [0.3, 0.4) is 0 Å². The summed E-state index contributed by atoms with van der Waals surface area (Å²) in [5.74, 6) is 0.674. The third-order valence-corrected chi connectivity index (χ3v) is 14.4. The van der Waals surface area contributed by atoms with Crippen LogP contribution in [0.25, 0.3) is 6.08 Å². The number of hydrogen-bond acceptors (Lipinski definition) is 3. The first kappa shape index (κ1) is 23.7. The summed E-state index contributed by atoms with van der Waals surface area (Å²) >= 11 is 0. The first-order valence-corrected chi connectivity index (χ1v) is 18.4. The van der Waals surface area contributed by atoms with Crippen molar-refractivity contribution in [3.05, 3.63) is 58.4 Å². The highest BCUT2D eigenvalue weighted by Crippen LogP contribution is 2.58. The molecule has 0 fully saturated rings. The number of aliphatic hydroxyl groups is 1. The Balaban J connectivity index is 1.77. The van der Waals surface area contributed by atoms with Crippen LogP contribution >= 0.6 is 0 Å². The molecule has 0 bridgehead atoms. The minimum atomic E-state index is -1.88. The third kappa shape index (κ3) is 3.35. The van der Waals surface area contributed by atoms with Gasteiger partial charge in [-0.3, -0.25) is 0 Å². The molecule has 0 amide bonds. The minimum absolute atomic E-state index is 0.00135. The molecule has 3 atom stereocenters. The highest BCUT2D eigenvalue weighted by Gasteiger charge is 2.55. The maximum absolute atomic E-state index is 12.1. The van der Waals surface area contributed by atoms with Crippen LogP contribution in [0.2, 0.25) is 37.8 Å². The van der Waals surface area contributed by atoms with Crippen LogP contribution in [0.5, 0.6) is 0 Å². The Labute approximate surface area is 196 Å². The van der Waals surface area contributed by atoms with Crippen LogP contribution < -0.4 is 5.38 Å². The number of hydrogen-bond donors (Lipinski definition) is 1. The lowest BCUT2D eigenvalue weighted by molar-refractivity contribution is 0.00658. The molecule has 1 aromatic heterocycles. The molecule has 0 spiro atoms. The fourth-order valence-corrected chi connectivity index (χ4v) is 7.95. The Bertz CT molecular complexity index is 1070. The Kier molecular flexibility index (Phi) is 5.41. The molecule has 5 heteroatoms. The topological polar surface area (TPSA) is 42.6 Å². The Morgan fingerprint density at radius 1 is 1.16 bits per heavy atom. The van der Waals surface area contributed by atoms with Gasteiger partial charge in [0.2, 0.25) is 0 Å². The van der Waals surface area contributed by atoms with E-state index in [1.807, 2.05) is 12.1 Å². The number of fused-ring (bicyclic) bond motifs is 3. The molecule has 1 heterocycles. The lowest BCUT2D eigenvalue weighted by Gasteiger charge is -2.46. The van der Waals surface area contributed by atoms with E-state index in [9.17, 15) is 5.11 Å². The van der Waals surface area contributed by atoms with Crippen LogP contribution in [-0.4, -0.2) is 21.5 Å². The second kappa shape index (κ2) is 7.29. The molecular weight excluding hydrogens is 428 g/mol. The second-order valence-corrected chi connectivity index (χ2v) is 22.1. The average molecular weight is 469 g/mol. The maximum atomic E-state index is 12.1. The zero-order valence-corrected chi connectivity index (χ0v) is 23.3. The van der Waals surface area contributed by atoms with E-state index in [-0.39, 0.29) is 17.1 Å². The van der Waals surface area contributed by atoms with Gasteiger partial charge in [-0.2, -0.15) is 0 Å². The molecule has 4 rings (SSSR count). The van der Waals surface area contributed by atoms with Gasteiger partial charge < -0.3 is 13.9 Å². The van der Waals surface area contributed by atoms with Crippen molar-refractivity contribution in [3.8, 4) is 0 Å². The molecule has 1 N–H and O–H groups in total. The smallest absolute Gasteiger partial charge is 0.192 e. The zero-order valence-electron chi connectivity index (χ0n) is 21.3. The van der Waals surface area contributed by atoms with Gasteiger partial charge in [-0.1, -0.05) is 72.1 Å². The summed E-state index contributed by atoms with van der Waals surface area (Å²) in [4.78, 5) is 0. The first-order valence-electron chi connectivity index (χ1n) is 12.0. The molecule has 1 aromatic carbocycles. The van der Waals surface area contributed by atoms with E-state index in [4.69, 9.17) is 8.84 Å². The van der Waals surface area contributed by atoms with Crippen molar-refractivity contribution in [1.29, 1.82) is 0 Å². The molecule has 2 aliphatic rings. The molecule has 0 aliphatic heterocycles. The van der Waals surface area contributed by atoms with Gasteiger partial charge in [0.1, 0.15) is 13.8 Å². The summed E-state index contributed by atoms with van der Waals surface area (Å²) < 4.78 is 13.3. The van der Waals surface area contributed by atoms with E-state index in [0.29, 0.717) is 5.76 Å². The zero-order chi connectivity index (χ0) is 23.9. The van der Waals surface area contributed by atoms with Gasteiger partial charge in [0.05, 0.1) is 11.5 Å². The summed E-state index contributed by atoms with van der Waals surface area (Å²) in [6.45, 7) is 24.4. The molecule has 2 aromatic rings. The Hall–Kier alpha value is -1.41. The Morgan fingerprint density at radius 3 is 2.31 bits per heavy atom.